The average Bonchev–Trinajstić information content (AvgIpc) is 2.00. The van der Waals surface area contributed by atoms with Gasteiger partial charge in [0.15, 0.2) is 0 Å². The number of ether oxygens (including phenoxy) is 1. The fourth-order valence-electron chi connectivity index (χ4n) is 0.896. The number of carboxylic acid groups (broad SMARTS) is 1. The van der Waals surface area contributed by atoms with Crippen molar-refractivity contribution in [1.29, 1.82) is 0 Å². The van der Waals surface area contributed by atoms with Crippen molar-refractivity contribution in [2.45, 2.75) is 33.0 Å². The van der Waals surface area contributed by atoms with E-state index in [0.29, 0.717) is 0 Å². The maximum absolute atomic E-state index is 12.3. The summed E-state index contributed by atoms with van der Waals surface area (Å²) in [5.74, 6) is -1.34. The van der Waals surface area contributed by atoms with Crippen molar-refractivity contribution in [2.24, 2.45) is 5.92 Å². The molecule has 0 aliphatic heterocycles. The monoisotopic (exact) mass is 178 g/mol. The van der Waals surface area contributed by atoms with Crippen LogP contribution in [0.2, 0.25) is 0 Å². The van der Waals surface area contributed by atoms with Crippen LogP contribution in [0.25, 0.3) is 0 Å². The highest BCUT2D eigenvalue weighted by molar-refractivity contribution is 5.70. The van der Waals surface area contributed by atoms with Crippen molar-refractivity contribution in [2.75, 3.05) is 6.61 Å². The Morgan fingerprint density at radius 2 is 2.25 bits per heavy atom. The molecule has 2 unspecified atom stereocenters. The molecule has 0 aromatic rings. The zero-order valence-electron chi connectivity index (χ0n) is 7.42. The van der Waals surface area contributed by atoms with Gasteiger partial charge in [-0.15, -0.1) is 0 Å². The number of rotatable bonds is 6. The molecular weight excluding hydrogens is 163 g/mol. The highest BCUT2D eigenvalue weighted by Gasteiger charge is 2.16. The van der Waals surface area contributed by atoms with Crippen molar-refractivity contribution in [1.82, 2.24) is 0 Å². The quantitative estimate of drug-likeness (QED) is 0.674. The molecule has 0 rings (SSSR count). The van der Waals surface area contributed by atoms with Crippen LogP contribution in [0, 0.1) is 5.92 Å². The Kier molecular flexibility index (Phi) is 5.62. The van der Waals surface area contributed by atoms with Crippen LogP contribution >= 0.6 is 0 Å². The molecule has 0 bridgehead atoms. The summed E-state index contributed by atoms with van der Waals surface area (Å²) in [6.07, 6.45) is -0.259. The van der Waals surface area contributed by atoms with Crippen molar-refractivity contribution < 1.29 is 19.0 Å². The van der Waals surface area contributed by atoms with E-state index < -0.39 is 12.3 Å². The van der Waals surface area contributed by atoms with E-state index in [1.165, 1.54) is 0 Å². The molecule has 72 valence electrons. The third-order valence-corrected chi connectivity index (χ3v) is 1.50. The second-order valence-electron chi connectivity index (χ2n) is 2.88. The topological polar surface area (TPSA) is 46.5 Å². The van der Waals surface area contributed by atoms with Crippen molar-refractivity contribution in [3.63, 3.8) is 0 Å². The van der Waals surface area contributed by atoms with Gasteiger partial charge in [0.25, 0.3) is 6.36 Å². The molecule has 3 nitrogen and oxygen atoms in total. The Morgan fingerprint density at radius 1 is 1.67 bits per heavy atom. The zero-order valence-corrected chi connectivity index (χ0v) is 7.42. The summed E-state index contributed by atoms with van der Waals surface area (Å²) in [7, 11) is 0. The first kappa shape index (κ1) is 11.4. The molecule has 4 heteroatoms. The Balaban J connectivity index is 3.46. The number of carboxylic acids is 1. The normalized spacial score (nSPS) is 15.6. The number of alkyl halides is 1. The third kappa shape index (κ3) is 5.07. The van der Waals surface area contributed by atoms with Gasteiger partial charge >= 0.3 is 5.97 Å². The van der Waals surface area contributed by atoms with Gasteiger partial charge in [-0.2, -0.15) is 0 Å². The lowest BCUT2D eigenvalue weighted by atomic mass is 10.1. The summed E-state index contributed by atoms with van der Waals surface area (Å²) in [5, 5.41) is 8.12. The highest BCUT2D eigenvalue weighted by atomic mass is 19.1. The van der Waals surface area contributed by atoms with E-state index in [9.17, 15) is 9.18 Å². The minimum absolute atomic E-state index is 0.168. The van der Waals surface area contributed by atoms with Crippen LogP contribution in [-0.4, -0.2) is 24.0 Å². The Labute approximate surface area is 71.5 Å². The molecule has 0 amide bonds. The third-order valence-electron chi connectivity index (χ3n) is 1.50. The fourth-order valence-corrected chi connectivity index (χ4v) is 0.896. The summed E-state index contributed by atoms with van der Waals surface area (Å²) in [6.45, 7) is 4.08. The molecule has 0 aromatic heterocycles. The van der Waals surface area contributed by atoms with E-state index in [4.69, 9.17) is 5.11 Å². The molecule has 0 heterocycles. The Bertz CT molecular complexity index is 138. The molecule has 1 N–H and O–H groups in total. The first-order valence-electron chi connectivity index (χ1n) is 4.06. The summed E-state index contributed by atoms with van der Waals surface area (Å²) >= 11 is 0. The maximum Gasteiger partial charge on any atom is 0.366 e. The molecule has 0 saturated carbocycles. The minimum atomic E-state index is -2.18. The van der Waals surface area contributed by atoms with Gasteiger partial charge < -0.3 is 9.84 Å². The zero-order chi connectivity index (χ0) is 9.56. The highest BCUT2D eigenvalue weighted by Crippen LogP contribution is 2.07. The SMILES string of the molecule is CCCC(C)COC(F)C(=O)O. The first-order chi connectivity index (χ1) is 5.57. The number of hydrogen-bond donors (Lipinski definition) is 1. The molecule has 0 radical (unpaired) electrons. The van der Waals surface area contributed by atoms with Crippen LogP contribution in [0.5, 0.6) is 0 Å². The summed E-state index contributed by atoms with van der Waals surface area (Å²) in [6, 6.07) is 0. The van der Waals surface area contributed by atoms with Crippen LogP contribution in [0.15, 0.2) is 0 Å². The minimum Gasteiger partial charge on any atom is -0.477 e. The van der Waals surface area contributed by atoms with E-state index in [2.05, 4.69) is 4.74 Å². The number of aliphatic carboxylic acids is 1. The Morgan fingerprint density at radius 3 is 2.67 bits per heavy atom. The number of halogens is 1. The second kappa shape index (κ2) is 5.94. The van der Waals surface area contributed by atoms with Crippen molar-refractivity contribution in [3.05, 3.63) is 0 Å². The molecular formula is C8H15FO3. The summed E-state index contributed by atoms with van der Waals surface area (Å²) in [5.41, 5.74) is 0. The summed E-state index contributed by atoms with van der Waals surface area (Å²) < 4.78 is 16.8. The second-order valence-corrected chi connectivity index (χ2v) is 2.88. The van der Waals surface area contributed by atoms with E-state index in [0.717, 1.165) is 12.8 Å². The average molecular weight is 178 g/mol. The van der Waals surface area contributed by atoms with Crippen LogP contribution in [0.1, 0.15) is 26.7 Å². The standard InChI is InChI=1S/C8H15FO3/c1-3-4-6(2)5-12-7(9)8(10)11/h6-7H,3-5H2,1-2H3,(H,10,11). The Hall–Kier alpha value is -0.640. The van der Waals surface area contributed by atoms with Gasteiger partial charge in [-0.25, -0.2) is 9.18 Å². The molecule has 0 aliphatic rings. The van der Waals surface area contributed by atoms with Crippen molar-refractivity contribution >= 4 is 5.97 Å². The van der Waals surface area contributed by atoms with E-state index >= 15 is 0 Å². The van der Waals surface area contributed by atoms with Crippen LogP contribution < -0.4 is 0 Å². The summed E-state index contributed by atoms with van der Waals surface area (Å²) in [4.78, 5) is 9.97. The molecule has 0 aliphatic carbocycles. The molecule has 0 fully saturated rings. The van der Waals surface area contributed by atoms with Crippen LogP contribution in [-0.2, 0) is 9.53 Å². The molecule has 0 spiro atoms. The molecule has 0 aromatic carbocycles. The van der Waals surface area contributed by atoms with Crippen LogP contribution in [0.3, 0.4) is 0 Å². The first-order valence-corrected chi connectivity index (χ1v) is 4.06. The van der Waals surface area contributed by atoms with Gasteiger partial charge in [0.1, 0.15) is 0 Å². The fraction of sp³-hybridized carbons (Fsp3) is 0.875. The number of carbonyl (C=O) groups is 1. The van der Waals surface area contributed by atoms with Gasteiger partial charge in [0, 0.05) is 0 Å². The largest absolute Gasteiger partial charge is 0.477 e. The predicted octanol–water partition coefficient (Wildman–Crippen LogP) is 1.82. The van der Waals surface area contributed by atoms with Crippen LogP contribution in [0.4, 0.5) is 4.39 Å². The van der Waals surface area contributed by atoms with Gasteiger partial charge in [-0.05, 0) is 12.3 Å². The lowest BCUT2D eigenvalue weighted by Crippen LogP contribution is -2.21. The van der Waals surface area contributed by atoms with E-state index in [1.54, 1.807) is 0 Å². The predicted molar refractivity (Wildman–Crippen MR) is 42.6 cm³/mol. The van der Waals surface area contributed by atoms with Gasteiger partial charge in [0.05, 0.1) is 6.61 Å². The lowest BCUT2D eigenvalue weighted by molar-refractivity contribution is -0.164. The van der Waals surface area contributed by atoms with Gasteiger partial charge in [0.2, 0.25) is 0 Å². The molecule has 2 atom stereocenters. The van der Waals surface area contributed by atoms with Crippen molar-refractivity contribution in [3.8, 4) is 0 Å². The molecule has 12 heavy (non-hydrogen) atoms. The van der Waals surface area contributed by atoms with E-state index in [-0.39, 0.29) is 12.5 Å². The molecule has 0 saturated heterocycles. The van der Waals surface area contributed by atoms with Gasteiger partial charge in [-0.3, -0.25) is 0 Å². The van der Waals surface area contributed by atoms with E-state index in [1.807, 2.05) is 13.8 Å². The maximum atomic E-state index is 12.3. The number of hydrogen-bond acceptors (Lipinski definition) is 2. The smallest absolute Gasteiger partial charge is 0.366 e. The van der Waals surface area contributed by atoms with Gasteiger partial charge in [-0.1, -0.05) is 20.3 Å². The lowest BCUT2D eigenvalue weighted by Gasteiger charge is -2.10.